The van der Waals surface area contributed by atoms with E-state index in [1.807, 2.05) is 13.8 Å². The molecule has 0 aliphatic carbocycles. The first-order valence-electron chi connectivity index (χ1n) is 7.73. The van der Waals surface area contributed by atoms with E-state index in [4.69, 9.17) is 4.74 Å². The summed E-state index contributed by atoms with van der Waals surface area (Å²) in [6, 6.07) is 4.07. The van der Waals surface area contributed by atoms with E-state index in [9.17, 15) is 22.8 Å². The molecule has 0 aliphatic rings. The molecule has 1 aromatic carbocycles. The molecule has 26 heavy (non-hydrogen) atoms. The number of carbonyl (C=O) groups excluding carboxylic acids is 1. The van der Waals surface area contributed by atoms with Crippen LogP contribution in [0.25, 0.3) is 0 Å². The number of methoxy groups -OCH3 is 1. The van der Waals surface area contributed by atoms with Crippen LogP contribution in [0.5, 0.6) is 5.75 Å². The Balaban J connectivity index is 2.21. The summed E-state index contributed by atoms with van der Waals surface area (Å²) in [6.07, 6.45) is -3.32. The smallest absolute Gasteiger partial charge is 0.416 e. The third-order valence-corrected chi connectivity index (χ3v) is 3.61. The van der Waals surface area contributed by atoms with Crippen LogP contribution in [0.4, 0.5) is 18.9 Å². The Labute approximate surface area is 147 Å². The highest BCUT2D eigenvalue weighted by atomic mass is 19.4. The zero-order valence-electron chi connectivity index (χ0n) is 14.4. The maximum atomic E-state index is 12.8. The van der Waals surface area contributed by atoms with E-state index in [1.165, 1.54) is 19.5 Å². The lowest BCUT2D eigenvalue weighted by atomic mass is 10.1. The van der Waals surface area contributed by atoms with Crippen molar-refractivity contribution in [3.05, 3.63) is 52.2 Å². The summed E-state index contributed by atoms with van der Waals surface area (Å²) in [6.45, 7) is 3.36. The number of aromatic nitrogens is 2. The number of hydrogen-bond acceptors (Lipinski definition) is 4. The standard InChI is InChI=1S/C17H18F3N3O3/c1-10(2)12-7-16(25)23(9-21-12)8-15(24)22-13-6-11(17(18,19)20)4-5-14(13)26-3/h4-7,9-10H,8H2,1-3H3,(H,22,24). The van der Waals surface area contributed by atoms with Gasteiger partial charge in [-0.2, -0.15) is 13.2 Å². The molecule has 1 heterocycles. The highest BCUT2D eigenvalue weighted by molar-refractivity contribution is 5.92. The number of nitrogens with one attached hydrogen (secondary N) is 1. The van der Waals surface area contributed by atoms with Gasteiger partial charge >= 0.3 is 6.18 Å². The van der Waals surface area contributed by atoms with Crippen molar-refractivity contribution in [3.63, 3.8) is 0 Å². The molecule has 9 heteroatoms. The predicted octanol–water partition coefficient (Wildman–Crippen LogP) is 3.03. The van der Waals surface area contributed by atoms with Gasteiger partial charge in [-0.3, -0.25) is 14.2 Å². The molecule has 0 atom stereocenters. The second-order valence-electron chi connectivity index (χ2n) is 5.90. The molecular weight excluding hydrogens is 351 g/mol. The van der Waals surface area contributed by atoms with Gasteiger partial charge in [0.15, 0.2) is 0 Å². The Morgan fingerprint density at radius 2 is 2.00 bits per heavy atom. The fraction of sp³-hybridized carbons (Fsp3) is 0.353. The number of rotatable bonds is 5. The van der Waals surface area contributed by atoms with Crippen molar-refractivity contribution in [1.82, 2.24) is 9.55 Å². The Bertz CT molecular complexity index is 860. The molecule has 1 amide bonds. The molecule has 0 spiro atoms. The first-order valence-corrected chi connectivity index (χ1v) is 7.73. The minimum absolute atomic E-state index is 0.0561. The van der Waals surface area contributed by atoms with E-state index in [-0.39, 0.29) is 23.9 Å². The minimum Gasteiger partial charge on any atom is -0.495 e. The summed E-state index contributed by atoms with van der Waals surface area (Å²) in [4.78, 5) is 28.2. The number of nitrogens with zero attached hydrogens (tertiary/aromatic N) is 2. The van der Waals surface area contributed by atoms with Crippen molar-refractivity contribution in [2.24, 2.45) is 0 Å². The number of alkyl halides is 3. The fourth-order valence-electron chi connectivity index (χ4n) is 2.20. The van der Waals surface area contributed by atoms with E-state index >= 15 is 0 Å². The van der Waals surface area contributed by atoms with Crippen LogP contribution in [0.3, 0.4) is 0 Å². The first kappa shape index (κ1) is 19.5. The van der Waals surface area contributed by atoms with E-state index in [0.29, 0.717) is 5.69 Å². The van der Waals surface area contributed by atoms with E-state index in [0.717, 1.165) is 22.8 Å². The maximum absolute atomic E-state index is 12.8. The van der Waals surface area contributed by atoms with Gasteiger partial charge in [0.25, 0.3) is 5.56 Å². The Morgan fingerprint density at radius 3 is 2.54 bits per heavy atom. The molecule has 2 aromatic rings. The molecule has 0 saturated carbocycles. The van der Waals surface area contributed by atoms with Crippen LogP contribution in [0.2, 0.25) is 0 Å². The number of halogens is 3. The van der Waals surface area contributed by atoms with Gasteiger partial charge in [-0.25, -0.2) is 4.98 Å². The van der Waals surface area contributed by atoms with Gasteiger partial charge in [-0.1, -0.05) is 13.8 Å². The summed E-state index contributed by atoms with van der Waals surface area (Å²) < 4.78 is 44.5. The largest absolute Gasteiger partial charge is 0.495 e. The normalized spacial score (nSPS) is 11.5. The van der Waals surface area contributed by atoms with Crippen LogP contribution >= 0.6 is 0 Å². The van der Waals surface area contributed by atoms with Gasteiger partial charge in [0, 0.05) is 6.07 Å². The third-order valence-electron chi connectivity index (χ3n) is 3.61. The Kier molecular flexibility index (Phi) is 5.69. The molecule has 0 aliphatic heterocycles. The van der Waals surface area contributed by atoms with Gasteiger partial charge in [0.2, 0.25) is 5.91 Å². The molecule has 6 nitrogen and oxygen atoms in total. The monoisotopic (exact) mass is 369 g/mol. The quantitative estimate of drug-likeness (QED) is 0.879. The molecular formula is C17H18F3N3O3. The van der Waals surface area contributed by atoms with Crippen LogP contribution in [0, 0.1) is 0 Å². The second kappa shape index (κ2) is 7.59. The van der Waals surface area contributed by atoms with Crippen molar-refractivity contribution < 1.29 is 22.7 Å². The van der Waals surface area contributed by atoms with Gasteiger partial charge in [-0.05, 0) is 24.1 Å². The van der Waals surface area contributed by atoms with E-state index in [1.54, 1.807) is 0 Å². The summed E-state index contributed by atoms with van der Waals surface area (Å²) in [7, 11) is 1.28. The van der Waals surface area contributed by atoms with Crippen LogP contribution in [-0.2, 0) is 17.5 Å². The molecule has 1 N–H and O–H groups in total. The van der Waals surface area contributed by atoms with Crippen LogP contribution in [0.15, 0.2) is 35.4 Å². The topological polar surface area (TPSA) is 73.2 Å². The van der Waals surface area contributed by atoms with Crippen molar-refractivity contribution in [2.45, 2.75) is 32.5 Å². The minimum atomic E-state index is -4.56. The van der Waals surface area contributed by atoms with Crippen molar-refractivity contribution >= 4 is 11.6 Å². The number of ether oxygens (including phenoxy) is 1. The number of anilines is 1. The Morgan fingerprint density at radius 1 is 1.31 bits per heavy atom. The molecule has 0 fully saturated rings. The average Bonchev–Trinajstić information content (AvgIpc) is 2.55. The lowest BCUT2D eigenvalue weighted by Crippen LogP contribution is -2.28. The van der Waals surface area contributed by atoms with E-state index in [2.05, 4.69) is 10.3 Å². The molecule has 1 aromatic heterocycles. The SMILES string of the molecule is COc1ccc(C(F)(F)F)cc1NC(=O)Cn1cnc(C(C)C)cc1=O. The summed E-state index contributed by atoms with van der Waals surface area (Å²) in [5.74, 6) is -0.545. The molecule has 0 saturated heterocycles. The molecule has 0 radical (unpaired) electrons. The summed E-state index contributed by atoms with van der Waals surface area (Å²) in [5.41, 5.74) is -0.887. The fourth-order valence-corrected chi connectivity index (χ4v) is 2.20. The lowest BCUT2D eigenvalue weighted by molar-refractivity contribution is -0.137. The van der Waals surface area contributed by atoms with Crippen LogP contribution in [-0.4, -0.2) is 22.6 Å². The molecule has 0 unspecified atom stereocenters. The van der Waals surface area contributed by atoms with Gasteiger partial charge in [0.1, 0.15) is 12.3 Å². The zero-order chi connectivity index (χ0) is 19.5. The van der Waals surface area contributed by atoms with E-state index < -0.39 is 23.2 Å². The van der Waals surface area contributed by atoms with Crippen molar-refractivity contribution in [1.29, 1.82) is 0 Å². The first-order chi connectivity index (χ1) is 12.1. The number of benzene rings is 1. The highest BCUT2D eigenvalue weighted by Crippen LogP contribution is 2.34. The highest BCUT2D eigenvalue weighted by Gasteiger charge is 2.31. The maximum Gasteiger partial charge on any atom is 0.416 e. The average molecular weight is 369 g/mol. The van der Waals surface area contributed by atoms with Crippen LogP contribution in [0.1, 0.15) is 31.0 Å². The zero-order valence-corrected chi connectivity index (χ0v) is 14.4. The predicted molar refractivity (Wildman–Crippen MR) is 89.2 cm³/mol. The third kappa shape index (κ3) is 4.62. The summed E-state index contributed by atoms with van der Waals surface area (Å²) >= 11 is 0. The van der Waals surface area contributed by atoms with Gasteiger partial charge < -0.3 is 10.1 Å². The number of amides is 1. The lowest BCUT2D eigenvalue weighted by Gasteiger charge is -2.14. The van der Waals surface area contributed by atoms with Gasteiger partial charge in [-0.15, -0.1) is 0 Å². The van der Waals surface area contributed by atoms with Gasteiger partial charge in [0.05, 0.1) is 30.4 Å². The second-order valence-corrected chi connectivity index (χ2v) is 5.90. The number of hydrogen-bond donors (Lipinski definition) is 1. The molecule has 2 rings (SSSR count). The Hall–Kier alpha value is -2.84. The van der Waals surface area contributed by atoms with Crippen molar-refractivity contribution in [2.75, 3.05) is 12.4 Å². The number of carbonyl (C=O) groups is 1. The van der Waals surface area contributed by atoms with Crippen molar-refractivity contribution in [3.8, 4) is 5.75 Å². The summed E-state index contributed by atoms with van der Waals surface area (Å²) in [5, 5.41) is 2.34. The van der Waals surface area contributed by atoms with Crippen LogP contribution < -0.4 is 15.6 Å². The molecule has 140 valence electrons. The molecule has 0 bridgehead atoms.